The van der Waals surface area contributed by atoms with E-state index in [4.69, 9.17) is 0 Å². The first-order valence-electron chi connectivity index (χ1n) is 5.32. The van der Waals surface area contributed by atoms with Crippen LogP contribution >= 0.6 is 27.7 Å². The normalized spacial score (nSPS) is 10.1. The highest BCUT2D eigenvalue weighted by Crippen LogP contribution is 2.20. The Balaban J connectivity index is 1.83. The molecule has 0 atom stereocenters. The monoisotopic (exact) mass is 322 g/mol. The van der Waals surface area contributed by atoms with E-state index in [1.54, 1.807) is 24.5 Å². The Hall–Kier alpha value is -1.33. The van der Waals surface area contributed by atoms with E-state index in [9.17, 15) is 4.79 Å². The van der Waals surface area contributed by atoms with Crippen molar-refractivity contribution in [1.29, 1.82) is 0 Å². The Kier molecular flexibility index (Phi) is 4.78. The molecule has 0 saturated heterocycles. The number of hydrogen-bond donors (Lipinski definition) is 1. The first-order chi connectivity index (χ1) is 8.74. The van der Waals surface area contributed by atoms with Gasteiger partial charge in [0.1, 0.15) is 0 Å². The number of anilines is 1. The number of pyridine rings is 1. The zero-order valence-corrected chi connectivity index (χ0v) is 11.9. The van der Waals surface area contributed by atoms with E-state index in [2.05, 4.69) is 26.2 Å². The first-order valence-corrected chi connectivity index (χ1v) is 7.10. The van der Waals surface area contributed by atoms with Crippen LogP contribution < -0.4 is 5.32 Å². The standard InChI is InChI=1S/C13H11BrN2OS/c14-10-1-3-12(4-2-10)18-9-13(17)16-11-5-7-15-8-6-11/h1-8H,9H2,(H,15,16,17). The second-order valence-corrected chi connectivity index (χ2v) is 5.49. The summed E-state index contributed by atoms with van der Waals surface area (Å²) in [5.41, 5.74) is 0.770. The molecule has 0 aliphatic heterocycles. The molecule has 92 valence electrons. The van der Waals surface area contributed by atoms with Crippen LogP contribution in [-0.2, 0) is 4.79 Å². The van der Waals surface area contributed by atoms with E-state index in [1.807, 2.05) is 24.3 Å². The van der Waals surface area contributed by atoms with Crippen molar-refractivity contribution in [2.75, 3.05) is 11.1 Å². The summed E-state index contributed by atoms with van der Waals surface area (Å²) >= 11 is 4.88. The molecule has 5 heteroatoms. The second kappa shape index (κ2) is 6.56. The molecule has 2 rings (SSSR count). The fraction of sp³-hybridized carbons (Fsp3) is 0.0769. The molecule has 0 spiro atoms. The Morgan fingerprint density at radius 1 is 1.17 bits per heavy atom. The molecule has 0 aliphatic rings. The number of halogens is 1. The molecule has 1 aromatic carbocycles. The molecule has 1 aromatic heterocycles. The molecule has 0 aliphatic carbocycles. The number of thioether (sulfide) groups is 1. The fourth-order valence-corrected chi connectivity index (χ4v) is 2.27. The summed E-state index contributed by atoms with van der Waals surface area (Å²) in [5, 5.41) is 2.81. The van der Waals surface area contributed by atoms with Crippen LogP contribution in [0.25, 0.3) is 0 Å². The SMILES string of the molecule is O=C(CSc1ccc(Br)cc1)Nc1ccncc1. The molecule has 0 saturated carbocycles. The minimum atomic E-state index is -0.0193. The van der Waals surface area contributed by atoms with Gasteiger partial charge in [0.2, 0.25) is 5.91 Å². The lowest BCUT2D eigenvalue weighted by molar-refractivity contribution is -0.113. The van der Waals surface area contributed by atoms with Gasteiger partial charge in [0.15, 0.2) is 0 Å². The van der Waals surface area contributed by atoms with Crippen molar-refractivity contribution in [3.05, 3.63) is 53.3 Å². The van der Waals surface area contributed by atoms with Gasteiger partial charge >= 0.3 is 0 Å². The summed E-state index contributed by atoms with van der Waals surface area (Å²) in [6.45, 7) is 0. The highest BCUT2D eigenvalue weighted by molar-refractivity contribution is 9.10. The summed E-state index contributed by atoms with van der Waals surface area (Å²) in [5.74, 6) is 0.373. The van der Waals surface area contributed by atoms with Crippen molar-refractivity contribution in [3.63, 3.8) is 0 Å². The van der Waals surface area contributed by atoms with Gasteiger partial charge in [0, 0.05) is 27.4 Å². The van der Waals surface area contributed by atoms with Crippen molar-refractivity contribution >= 4 is 39.3 Å². The second-order valence-electron chi connectivity index (χ2n) is 3.53. The number of aromatic nitrogens is 1. The summed E-state index contributed by atoms with van der Waals surface area (Å²) in [4.78, 5) is 16.7. The lowest BCUT2D eigenvalue weighted by Gasteiger charge is -2.04. The van der Waals surface area contributed by atoms with Gasteiger partial charge in [-0.1, -0.05) is 15.9 Å². The van der Waals surface area contributed by atoms with Gasteiger partial charge in [0.25, 0.3) is 0 Å². The summed E-state index contributed by atoms with van der Waals surface area (Å²) in [6, 6.07) is 11.4. The largest absolute Gasteiger partial charge is 0.325 e. The van der Waals surface area contributed by atoms with E-state index in [-0.39, 0.29) is 5.91 Å². The van der Waals surface area contributed by atoms with E-state index >= 15 is 0 Å². The van der Waals surface area contributed by atoms with Crippen LogP contribution in [0.1, 0.15) is 0 Å². The average Bonchev–Trinajstić information content (AvgIpc) is 2.39. The molecular weight excluding hydrogens is 312 g/mol. The first kappa shape index (κ1) is 13.1. The number of benzene rings is 1. The minimum Gasteiger partial charge on any atom is -0.325 e. The van der Waals surface area contributed by atoms with Crippen LogP contribution in [0.2, 0.25) is 0 Å². The van der Waals surface area contributed by atoms with E-state index < -0.39 is 0 Å². The number of rotatable bonds is 4. The maximum atomic E-state index is 11.7. The van der Waals surface area contributed by atoms with E-state index in [1.165, 1.54) is 11.8 Å². The highest BCUT2D eigenvalue weighted by Gasteiger charge is 2.03. The predicted octanol–water partition coefficient (Wildman–Crippen LogP) is 3.57. The lowest BCUT2D eigenvalue weighted by atomic mass is 10.4. The van der Waals surface area contributed by atoms with Crippen LogP contribution in [0.4, 0.5) is 5.69 Å². The Bertz CT molecular complexity index is 516. The minimum absolute atomic E-state index is 0.0193. The molecule has 18 heavy (non-hydrogen) atoms. The molecule has 2 aromatic rings. The Morgan fingerprint density at radius 2 is 1.83 bits per heavy atom. The van der Waals surface area contributed by atoms with Crippen LogP contribution in [0, 0.1) is 0 Å². The van der Waals surface area contributed by atoms with E-state index in [0.717, 1.165) is 15.1 Å². The van der Waals surface area contributed by atoms with Crippen molar-refractivity contribution in [3.8, 4) is 0 Å². The van der Waals surface area contributed by atoms with Gasteiger partial charge in [-0.3, -0.25) is 9.78 Å². The van der Waals surface area contributed by atoms with Crippen LogP contribution in [0.3, 0.4) is 0 Å². The molecule has 1 heterocycles. The number of carbonyl (C=O) groups is 1. The third-order valence-electron chi connectivity index (χ3n) is 2.15. The van der Waals surface area contributed by atoms with E-state index in [0.29, 0.717) is 5.75 Å². The van der Waals surface area contributed by atoms with Gasteiger partial charge in [-0.15, -0.1) is 11.8 Å². The Morgan fingerprint density at radius 3 is 2.50 bits per heavy atom. The van der Waals surface area contributed by atoms with Crippen LogP contribution in [-0.4, -0.2) is 16.6 Å². The molecule has 1 amide bonds. The van der Waals surface area contributed by atoms with Crippen LogP contribution in [0.15, 0.2) is 58.2 Å². The number of amides is 1. The van der Waals surface area contributed by atoms with Gasteiger partial charge < -0.3 is 5.32 Å². The molecular formula is C13H11BrN2OS. The zero-order valence-electron chi connectivity index (χ0n) is 9.47. The Labute approximate surface area is 118 Å². The molecule has 3 nitrogen and oxygen atoms in total. The maximum Gasteiger partial charge on any atom is 0.234 e. The summed E-state index contributed by atoms with van der Waals surface area (Å²) in [6.07, 6.45) is 3.30. The van der Waals surface area contributed by atoms with Gasteiger partial charge in [-0.05, 0) is 36.4 Å². The molecule has 0 unspecified atom stereocenters. The summed E-state index contributed by atoms with van der Waals surface area (Å²) < 4.78 is 1.04. The third kappa shape index (κ3) is 4.16. The molecule has 0 fully saturated rings. The van der Waals surface area contributed by atoms with Crippen molar-refractivity contribution < 1.29 is 4.79 Å². The highest BCUT2D eigenvalue weighted by atomic mass is 79.9. The van der Waals surface area contributed by atoms with Crippen molar-refractivity contribution in [2.45, 2.75) is 4.90 Å². The lowest BCUT2D eigenvalue weighted by Crippen LogP contribution is -2.13. The predicted molar refractivity (Wildman–Crippen MR) is 77.7 cm³/mol. The zero-order chi connectivity index (χ0) is 12.8. The number of carbonyl (C=O) groups excluding carboxylic acids is 1. The van der Waals surface area contributed by atoms with Crippen LogP contribution in [0.5, 0.6) is 0 Å². The fourth-order valence-electron chi connectivity index (χ4n) is 1.31. The molecule has 0 bridgehead atoms. The number of nitrogens with zero attached hydrogens (tertiary/aromatic N) is 1. The maximum absolute atomic E-state index is 11.7. The molecule has 0 radical (unpaired) electrons. The quantitative estimate of drug-likeness (QED) is 0.875. The van der Waals surface area contributed by atoms with Gasteiger partial charge in [-0.2, -0.15) is 0 Å². The average molecular weight is 323 g/mol. The number of nitrogens with one attached hydrogen (secondary N) is 1. The smallest absolute Gasteiger partial charge is 0.234 e. The van der Waals surface area contributed by atoms with Gasteiger partial charge in [-0.25, -0.2) is 0 Å². The van der Waals surface area contributed by atoms with Crippen molar-refractivity contribution in [2.24, 2.45) is 0 Å². The topological polar surface area (TPSA) is 42.0 Å². The van der Waals surface area contributed by atoms with Gasteiger partial charge in [0.05, 0.1) is 5.75 Å². The number of hydrogen-bond acceptors (Lipinski definition) is 3. The third-order valence-corrected chi connectivity index (χ3v) is 3.69. The van der Waals surface area contributed by atoms with Crippen molar-refractivity contribution in [1.82, 2.24) is 4.98 Å². The summed E-state index contributed by atoms with van der Waals surface area (Å²) in [7, 11) is 0. The molecule has 1 N–H and O–H groups in total.